The van der Waals surface area contributed by atoms with E-state index in [1.54, 1.807) is 0 Å². The molecule has 31 heavy (non-hydrogen) atoms. The van der Waals surface area contributed by atoms with Crippen LogP contribution in [0.5, 0.6) is 0 Å². The van der Waals surface area contributed by atoms with Gasteiger partial charge in [0.25, 0.3) is 0 Å². The Bertz CT molecular complexity index is 699. The van der Waals surface area contributed by atoms with Crippen LogP contribution in [0.1, 0.15) is 78.6 Å². The standard InChI is InChI=1S/C27H43ClO3/c1-17(7-12-25(30)18(2)16-28)23-10-11-24-20(6-5-13-27(23,24)4)8-9-21-14-22(29)15-26(31)19(21)3/h8-9,17-18,22-26,29-31H,3,5-7,10-16H2,1-2,4H3/t17-,18?,22-,23-,24?,25-,26+,27-/m1/s1. The van der Waals surface area contributed by atoms with E-state index >= 15 is 0 Å². The Kier molecular flexibility index (Phi) is 8.51. The van der Waals surface area contributed by atoms with Crippen LogP contribution in [0.3, 0.4) is 0 Å². The molecular weight excluding hydrogens is 408 g/mol. The number of alkyl halides is 1. The first kappa shape index (κ1) is 25.0. The molecule has 0 heterocycles. The highest BCUT2D eigenvalue weighted by Gasteiger charge is 2.50. The third kappa shape index (κ3) is 5.49. The second-order valence-corrected chi connectivity index (χ2v) is 11.2. The summed E-state index contributed by atoms with van der Waals surface area (Å²) < 4.78 is 0. The first-order chi connectivity index (χ1) is 14.7. The van der Waals surface area contributed by atoms with E-state index in [-0.39, 0.29) is 12.0 Å². The molecule has 0 aliphatic heterocycles. The van der Waals surface area contributed by atoms with Gasteiger partial charge in [0.1, 0.15) is 0 Å². The summed E-state index contributed by atoms with van der Waals surface area (Å²) in [6, 6.07) is 0. The van der Waals surface area contributed by atoms with Gasteiger partial charge in [0, 0.05) is 12.3 Å². The molecule has 0 aromatic carbocycles. The van der Waals surface area contributed by atoms with Crippen molar-refractivity contribution in [1.82, 2.24) is 0 Å². The zero-order chi connectivity index (χ0) is 22.8. The predicted octanol–water partition coefficient (Wildman–Crippen LogP) is 5.78. The molecule has 4 heteroatoms. The second kappa shape index (κ2) is 10.5. The molecule has 3 rings (SSSR count). The third-order valence-corrected chi connectivity index (χ3v) is 9.29. The number of hydrogen-bond donors (Lipinski definition) is 3. The van der Waals surface area contributed by atoms with Crippen molar-refractivity contribution in [2.24, 2.45) is 29.1 Å². The molecule has 3 aliphatic rings. The fourth-order valence-corrected chi connectivity index (χ4v) is 6.91. The number of allylic oxidation sites excluding steroid dienone is 3. The quantitative estimate of drug-likeness (QED) is 0.431. The zero-order valence-electron chi connectivity index (χ0n) is 19.7. The highest BCUT2D eigenvalue weighted by atomic mass is 35.5. The highest BCUT2D eigenvalue weighted by Crippen LogP contribution is 2.60. The van der Waals surface area contributed by atoms with E-state index in [1.807, 2.05) is 6.92 Å². The SMILES string of the molecule is C=C1C(=CC=C2CCC[C@@]3(C)C2CC[C@@H]3[C@H](C)CC[C@@H](O)C(C)CCl)C[C@@H](O)C[C@@H]1O. The molecule has 0 aromatic rings. The van der Waals surface area contributed by atoms with Crippen molar-refractivity contribution in [1.29, 1.82) is 0 Å². The van der Waals surface area contributed by atoms with Crippen LogP contribution in [-0.2, 0) is 0 Å². The molecule has 8 atom stereocenters. The van der Waals surface area contributed by atoms with E-state index < -0.39 is 12.2 Å². The molecule has 0 radical (unpaired) electrons. The summed E-state index contributed by atoms with van der Waals surface area (Å²) in [5.41, 5.74) is 3.63. The van der Waals surface area contributed by atoms with E-state index in [2.05, 4.69) is 32.6 Å². The van der Waals surface area contributed by atoms with Gasteiger partial charge in [-0.2, -0.15) is 0 Å². The summed E-state index contributed by atoms with van der Waals surface area (Å²) in [7, 11) is 0. The Balaban J connectivity index is 1.70. The van der Waals surface area contributed by atoms with Crippen molar-refractivity contribution >= 4 is 11.6 Å². The van der Waals surface area contributed by atoms with Gasteiger partial charge in [-0.25, -0.2) is 0 Å². The molecule has 2 unspecified atom stereocenters. The molecule has 3 aliphatic carbocycles. The molecule has 3 fully saturated rings. The molecule has 3 saturated carbocycles. The lowest BCUT2D eigenvalue weighted by Crippen LogP contribution is -2.36. The lowest BCUT2D eigenvalue weighted by Gasteiger charge is -2.44. The van der Waals surface area contributed by atoms with E-state index in [9.17, 15) is 15.3 Å². The minimum absolute atomic E-state index is 0.157. The van der Waals surface area contributed by atoms with Crippen LogP contribution < -0.4 is 0 Å². The largest absolute Gasteiger partial charge is 0.393 e. The average Bonchev–Trinajstić information content (AvgIpc) is 3.10. The van der Waals surface area contributed by atoms with Gasteiger partial charge in [0.2, 0.25) is 0 Å². The summed E-state index contributed by atoms with van der Waals surface area (Å²) in [6.45, 7) is 11.0. The maximum Gasteiger partial charge on any atom is 0.0811 e. The lowest BCUT2D eigenvalue weighted by molar-refractivity contribution is 0.0722. The topological polar surface area (TPSA) is 60.7 Å². The minimum atomic E-state index is -0.626. The van der Waals surface area contributed by atoms with Crippen LogP contribution in [0, 0.1) is 29.1 Å². The molecule has 0 saturated heterocycles. The monoisotopic (exact) mass is 450 g/mol. The van der Waals surface area contributed by atoms with Gasteiger partial charge in [-0.15, -0.1) is 11.6 Å². The van der Waals surface area contributed by atoms with Gasteiger partial charge in [0.15, 0.2) is 0 Å². The van der Waals surface area contributed by atoms with E-state index in [1.165, 1.54) is 31.3 Å². The molecule has 3 nitrogen and oxygen atoms in total. The summed E-state index contributed by atoms with van der Waals surface area (Å²) in [4.78, 5) is 0. The van der Waals surface area contributed by atoms with Crippen LogP contribution in [0.15, 0.2) is 35.5 Å². The molecule has 0 spiro atoms. The Hall–Kier alpha value is -0.610. The van der Waals surface area contributed by atoms with E-state index in [0.29, 0.717) is 41.9 Å². The Morgan fingerprint density at radius 2 is 1.94 bits per heavy atom. The Morgan fingerprint density at radius 1 is 1.19 bits per heavy atom. The Labute approximate surface area is 194 Å². The molecular formula is C27H43ClO3. The van der Waals surface area contributed by atoms with Crippen molar-refractivity contribution in [2.45, 2.75) is 96.9 Å². The predicted molar refractivity (Wildman–Crippen MR) is 129 cm³/mol. The summed E-state index contributed by atoms with van der Waals surface area (Å²) in [5.74, 6) is 2.59. The van der Waals surface area contributed by atoms with Crippen molar-refractivity contribution < 1.29 is 15.3 Å². The normalized spacial score (nSPS) is 39.5. The first-order valence-corrected chi connectivity index (χ1v) is 12.9. The van der Waals surface area contributed by atoms with Gasteiger partial charge in [-0.3, -0.25) is 0 Å². The Morgan fingerprint density at radius 3 is 2.65 bits per heavy atom. The number of fused-ring (bicyclic) bond motifs is 1. The molecule has 0 bridgehead atoms. The lowest BCUT2D eigenvalue weighted by atomic mass is 9.60. The fourth-order valence-electron chi connectivity index (χ4n) is 6.70. The number of halogens is 1. The van der Waals surface area contributed by atoms with E-state index in [0.717, 1.165) is 30.4 Å². The second-order valence-electron chi connectivity index (χ2n) is 10.9. The highest BCUT2D eigenvalue weighted by molar-refractivity contribution is 6.18. The maximum absolute atomic E-state index is 10.4. The van der Waals surface area contributed by atoms with Gasteiger partial charge in [-0.1, -0.05) is 45.1 Å². The van der Waals surface area contributed by atoms with Crippen LogP contribution in [0.2, 0.25) is 0 Å². The van der Waals surface area contributed by atoms with Gasteiger partial charge >= 0.3 is 0 Å². The number of aliphatic hydroxyl groups excluding tert-OH is 3. The smallest absolute Gasteiger partial charge is 0.0811 e. The van der Waals surface area contributed by atoms with Gasteiger partial charge < -0.3 is 15.3 Å². The van der Waals surface area contributed by atoms with Crippen LogP contribution >= 0.6 is 11.6 Å². The molecule has 0 amide bonds. The number of rotatable bonds is 7. The van der Waals surface area contributed by atoms with Crippen LogP contribution in [-0.4, -0.2) is 39.5 Å². The molecule has 3 N–H and O–H groups in total. The van der Waals surface area contributed by atoms with Crippen molar-refractivity contribution in [3.63, 3.8) is 0 Å². The fraction of sp³-hybridized carbons (Fsp3) is 0.778. The molecule has 176 valence electrons. The number of hydrogen-bond acceptors (Lipinski definition) is 3. The van der Waals surface area contributed by atoms with Gasteiger partial charge in [0.05, 0.1) is 18.3 Å². The minimum Gasteiger partial charge on any atom is -0.393 e. The summed E-state index contributed by atoms with van der Waals surface area (Å²) in [5, 5.41) is 30.5. The van der Waals surface area contributed by atoms with Crippen LogP contribution in [0.4, 0.5) is 0 Å². The molecule has 0 aromatic heterocycles. The van der Waals surface area contributed by atoms with Crippen molar-refractivity contribution in [3.8, 4) is 0 Å². The number of aliphatic hydroxyl groups is 3. The summed E-state index contributed by atoms with van der Waals surface area (Å²) >= 11 is 5.93. The van der Waals surface area contributed by atoms with Crippen molar-refractivity contribution in [3.05, 3.63) is 35.5 Å². The first-order valence-electron chi connectivity index (χ1n) is 12.4. The van der Waals surface area contributed by atoms with Crippen LogP contribution in [0.25, 0.3) is 0 Å². The maximum atomic E-state index is 10.4. The summed E-state index contributed by atoms with van der Waals surface area (Å²) in [6.07, 6.45) is 12.1. The van der Waals surface area contributed by atoms with E-state index in [4.69, 9.17) is 11.6 Å². The average molecular weight is 451 g/mol. The zero-order valence-corrected chi connectivity index (χ0v) is 20.4. The van der Waals surface area contributed by atoms with Crippen molar-refractivity contribution in [2.75, 3.05) is 5.88 Å². The van der Waals surface area contributed by atoms with Gasteiger partial charge in [-0.05, 0) is 91.6 Å². The third-order valence-electron chi connectivity index (χ3n) is 8.81.